The Kier molecular flexibility index (Phi) is 0.906. The molecule has 0 unspecified atom stereocenters. The summed E-state index contributed by atoms with van der Waals surface area (Å²) in [5, 5.41) is 12.8. The van der Waals surface area contributed by atoms with Gasteiger partial charge in [0.1, 0.15) is 12.2 Å². The molecule has 2 heterocycles. The standard InChI is InChI=1S/C5H7N5O/c6-3-4(7)9-10-1-2(11)8-5(3)10/h1,6H2,(H2,7,9)(H,8,11). The van der Waals surface area contributed by atoms with Gasteiger partial charge in [-0.2, -0.15) is 10.1 Å². The van der Waals surface area contributed by atoms with Gasteiger partial charge in [0.25, 0.3) is 0 Å². The van der Waals surface area contributed by atoms with E-state index in [0.29, 0.717) is 11.5 Å². The lowest BCUT2D eigenvalue weighted by Crippen LogP contribution is -2.04. The number of nitrogens with zero attached hydrogens (tertiary/aromatic N) is 3. The topological polar surface area (TPSA) is 102 Å². The van der Waals surface area contributed by atoms with Gasteiger partial charge in [-0.25, -0.2) is 4.68 Å². The molecular formula is C5H7N5O. The number of aliphatic hydroxyl groups is 1. The Bertz CT molecular complexity index is 339. The van der Waals surface area contributed by atoms with Crippen LogP contribution in [0.3, 0.4) is 0 Å². The smallest absolute Gasteiger partial charge is 0.210 e. The van der Waals surface area contributed by atoms with Gasteiger partial charge in [-0.3, -0.25) is 0 Å². The van der Waals surface area contributed by atoms with E-state index in [4.69, 9.17) is 16.6 Å². The summed E-state index contributed by atoms with van der Waals surface area (Å²) in [6.45, 7) is 0.261. The van der Waals surface area contributed by atoms with Crippen molar-refractivity contribution in [3.63, 3.8) is 0 Å². The van der Waals surface area contributed by atoms with E-state index in [0.717, 1.165) is 0 Å². The van der Waals surface area contributed by atoms with Crippen LogP contribution in [0.2, 0.25) is 0 Å². The molecule has 6 nitrogen and oxygen atoms in total. The molecule has 1 aliphatic rings. The minimum Gasteiger partial charge on any atom is -0.495 e. The first-order valence-corrected chi connectivity index (χ1v) is 3.07. The van der Waals surface area contributed by atoms with Gasteiger partial charge in [-0.05, 0) is 0 Å². The molecule has 1 aromatic rings. The van der Waals surface area contributed by atoms with Crippen molar-refractivity contribution in [2.24, 2.45) is 4.99 Å². The van der Waals surface area contributed by atoms with E-state index in [1.807, 2.05) is 0 Å². The van der Waals surface area contributed by atoms with Crippen LogP contribution in [0.1, 0.15) is 0 Å². The quantitative estimate of drug-likeness (QED) is 0.474. The minimum atomic E-state index is 0.0131. The normalized spacial score (nSPS) is 14.7. The van der Waals surface area contributed by atoms with Crippen molar-refractivity contribution in [1.82, 2.24) is 9.78 Å². The van der Waals surface area contributed by atoms with E-state index in [-0.39, 0.29) is 18.3 Å². The second-order valence-electron chi connectivity index (χ2n) is 2.31. The first kappa shape index (κ1) is 6.02. The fraction of sp³-hybridized carbons (Fsp3) is 0.200. The summed E-state index contributed by atoms with van der Waals surface area (Å²) in [5.74, 6) is 0.718. The first-order valence-electron chi connectivity index (χ1n) is 3.07. The number of anilines is 2. The molecule has 0 aromatic carbocycles. The van der Waals surface area contributed by atoms with Gasteiger partial charge in [0.15, 0.2) is 11.6 Å². The maximum absolute atomic E-state index is 8.95. The highest BCUT2D eigenvalue weighted by atomic mass is 16.3. The van der Waals surface area contributed by atoms with Gasteiger partial charge in [-0.15, -0.1) is 0 Å². The number of aromatic nitrogens is 2. The summed E-state index contributed by atoms with van der Waals surface area (Å²) in [6.07, 6.45) is 0. The number of nitrogen functional groups attached to an aromatic ring is 2. The van der Waals surface area contributed by atoms with E-state index in [1.165, 1.54) is 4.68 Å². The maximum atomic E-state index is 8.95. The van der Waals surface area contributed by atoms with Crippen LogP contribution in [0, 0.1) is 0 Å². The molecule has 11 heavy (non-hydrogen) atoms. The van der Waals surface area contributed by atoms with Crippen molar-refractivity contribution < 1.29 is 5.11 Å². The molecule has 0 fully saturated rings. The molecule has 1 aliphatic heterocycles. The second kappa shape index (κ2) is 1.66. The van der Waals surface area contributed by atoms with Crippen LogP contribution in [0.25, 0.3) is 0 Å². The van der Waals surface area contributed by atoms with Crippen LogP contribution in [0.5, 0.6) is 0 Å². The molecule has 6 heteroatoms. The van der Waals surface area contributed by atoms with Gasteiger partial charge in [0.2, 0.25) is 5.90 Å². The largest absolute Gasteiger partial charge is 0.495 e. The average molecular weight is 153 g/mol. The molecule has 0 radical (unpaired) electrons. The van der Waals surface area contributed by atoms with Crippen molar-refractivity contribution in [2.75, 3.05) is 11.5 Å². The third kappa shape index (κ3) is 0.658. The van der Waals surface area contributed by atoms with Gasteiger partial charge in [-0.1, -0.05) is 0 Å². The predicted octanol–water partition coefficient (Wildman–Crippen LogP) is -0.351. The summed E-state index contributed by atoms with van der Waals surface area (Å²) in [5.41, 5.74) is 11.2. The third-order valence-electron chi connectivity index (χ3n) is 1.52. The fourth-order valence-electron chi connectivity index (χ4n) is 1.00. The number of aliphatic imine (C=N–C) groups is 1. The Hall–Kier alpha value is -1.72. The van der Waals surface area contributed by atoms with Crippen LogP contribution in [0.15, 0.2) is 4.99 Å². The zero-order valence-electron chi connectivity index (χ0n) is 5.65. The van der Waals surface area contributed by atoms with E-state index in [9.17, 15) is 0 Å². The van der Waals surface area contributed by atoms with E-state index in [2.05, 4.69) is 10.1 Å². The molecule has 0 aliphatic carbocycles. The summed E-state index contributed by atoms with van der Waals surface area (Å²) >= 11 is 0. The molecule has 0 atom stereocenters. The number of nitrogens with two attached hydrogens (primary N) is 2. The first-order chi connectivity index (χ1) is 5.18. The Morgan fingerprint density at radius 1 is 1.45 bits per heavy atom. The number of hydrogen-bond acceptors (Lipinski definition) is 4. The molecule has 2 rings (SSSR count). The van der Waals surface area contributed by atoms with E-state index >= 15 is 0 Å². The molecule has 0 spiro atoms. The fourth-order valence-corrected chi connectivity index (χ4v) is 1.00. The summed E-state index contributed by atoms with van der Waals surface area (Å²) in [7, 11) is 0. The summed E-state index contributed by atoms with van der Waals surface area (Å²) in [6, 6.07) is 0. The highest BCUT2D eigenvalue weighted by Crippen LogP contribution is 2.30. The molecule has 0 amide bonds. The van der Waals surface area contributed by atoms with Crippen LogP contribution < -0.4 is 11.5 Å². The Morgan fingerprint density at radius 3 is 2.82 bits per heavy atom. The lowest BCUT2D eigenvalue weighted by Gasteiger charge is -1.88. The molecule has 1 aromatic heterocycles. The minimum absolute atomic E-state index is 0.0131. The molecule has 5 N–H and O–H groups in total. The van der Waals surface area contributed by atoms with Crippen LogP contribution >= 0.6 is 0 Å². The van der Waals surface area contributed by atoms with Gasteiger partial charge in [0, 0.05) is 0 Å². The maximum Gasteiger partial charge on any atom is 0.210 e. The zero-order chi connectivity index (χ0) is 8.01. The number of hydrogen-bond donors (Lipinski definition) is 3. The lowest BCUT2D eigenvalue weighted by molar-refractivity contribution is 0.524. The van der Waals surface area contributed by atoms with Gasteiger partial charge < -0.3 is 16.6 Å². The van der Waals surface area contributed by atoms with Crippen LogP contribution in [0.4, 0.5) is 17.3 Å². The van der Waals surface area contributed by atoms with E-state index in [1.54, 1.807) is 0 Å². The molecule has 58 valence electrons. The third-order valence-corrected chi connectivity index (χ3v) is 1.52. The Morgan fingerprint density at radius 2 is 2.18 bits per heavy atom. The van der Waals surface area contributed by atoms with Gasteiger partial charge in [0.05, 0.1) is 0 Å². The van der Waals surface area contributed by atoms with Crippen molar-refractivity contribution in [2.45, 2.75) is 6.54 Å². The van der Waals surface area contributed by atoms with Crippen molar-refractivity contribution in [3.8, 4) is 0 Å². The highest BCUT2D eigenvalue weighted by Gasteiger charge is 2.19. The Balaban J connectivity index is 2.61. The summed E-state index contributed by atoms with van der Waals surface area (Å²) in [4.78, 5) is 3.74. The second-order valence-corrected chi connectivity index (χ2v) is 2.31. The van der Waals surface area contributed by atoms with Crippen LogP contribution in [-0.2, 0) is 6.54 Å². The average Bonchev–Trinajstić information content (AvgIpc) is 2.37. The SMILES string of the molecule is Nc1nn2c(c1N)N=C(O)C2. The Labute approximate surface area is 62.1 Å². The van der Waals surface area contributed by atoms with Gasteiger partial charge >= 0.3 is 0 Å². The van der Waals surface area contributed by atoms with Crippen LogP contribution in [-0.4, -0.2) is 20.8 Å². The van der Waals surface area contributed by atoms with Crippen molar-refractivity contribution in [1.29, 1.82) is 0 Å². The molecule has 0 saturated carbocycles. The predicted molar refractivity (Wildman–Crippen MR) is 40.8 cm³/mol. The number of fused-ring (bicyclic) bond motifs is 1. The number of aliphatic hydroxyl groups excluding tert-OH is 1. The molecule has 0 bridgehead atoms. The van der Waals surface area contributed by atoms with Crippen molar-refractivity contribution in [3.05, 3.63) is 0 Å². The van der Waals surface area contributed by atoms with Crippen molar-refractivity contribution >= 4 is 23.2 Å². The highest BCUT2D eigenvalue weighted by molar-refractivity contribution is 5.86. The number of rotatable bonds is 0. The molecule has 0 saturated heterocycles. The monoisotopic (exact) mass is 153 g/mol. The lowest BCUT2D eigenvalue weighted by atomic mass is 10.5. The zero-order valence-corrected chi connectivity index (χ0v) is 5.65. The summed E-state index contributed by atoms with van der Waals surface area (Å²) < 4.78 is 1.46. The molecular weight excluding hydrogens is 146 g/mol. The van der Waals surface area contributed by atoms with E-state index < -0.39 is 0 Å².